The normalized spacial score (nSPS) is 15.1. The molecule has 0 atom stereocenters. The van der Waals surface area contributed by atoms with Crippen LogP contribution in [0.25, 0.3) is 10.9 Å². The van der Waals surface area contributed by atoms with Crippen molar-refractivity contribution >= 4 is 57.1 Å². The van der Waals surface area contributed by atoms with Crippen molar-refractivity contribution in [1.82, 2.24) is 43.6 Å². The van der Waals surface area contributed by atoms with Gasteiger partial charge in [-0.2, -0.15) is 28.5 Å². The maximum absolute atomic E-state index is 12.8. The van der Waals surface area contributed by atoms with Crippen molar-refractivity contribution in [2.45, 2.75) is 38.5 Å². The van der Waals surface area contributed by atoms with E-state index in [1.54, 1.807) is 24.4 Å². The number of piperidine rings is 2. The first-order valence-electron chi connectivity index (χ1n) is 11.1. The Balaban J connectivity index is -0.000000480. The molecule has 15 nitrogen and oxygen atoms in total. The summed E-state index contributed by atoms with van der Waals surface area (Å²) in [6, 6.07) is 5.17. The number of hydrogen-bond donors (Lipinski definition) is 6. The Morgan fingerprint density at radius 1 is 0.811 bits per heavy atom. The number of rotatable bonds is 6. The summed E-state index contributed by atoms with van der Waals surface area (Å²) in [5.74, 6) is 1.07. The number of aromatic nitrogens is 5. The van der Waals surface area contributed by atoms with Gasteiger partial charge >= 0.3 is 10.2 Å². The first kappa shape index (κ1) is 34.0. The number of hydrogen-bond acceptors (Lipinski definition) is 11. The van der Waals surface area contributed by atoms with Crippen LogP contribution >= 0.6 is 12.4 Å². The highest BCUT2D eigenvalue weighted by atomic mass is 35.5. The Labute approximate surface area is 228 Å². The zero-order chi connectivity index (χ0) is 22.0. The lowest BCUT2D eigenvalue weighted by molar-refractivity contribution is 0.556. The van der Waals surface area contributed by atoms with Gasteiger partial charge in [0.1, 0.15) is 0 Å². The Hall–Kier alpha value is -3.02. The highest BCUT2D eigenvalue weighted by molar-refractivity contribution is 7.94. The van der Waals surface area contributed by atoms with Crippen LogP contribution in [-0.2, 0) is 10.2 Å². The second-order valence-corrected chi connectivity index (χ2v) is 9.65. The number of benzene rings is 1. The molecule has 0 radical (unpaired) electrons. The Bertz CT molecular complexity index is 1180. The lowest BCUT2D eigenvalue weighted by atomic mass is 10.1. The molecular weight excluding hydrogens is 524 g/mol. The van der Waals surface area contributed by atoms with E-state index in [9.17, 15) is 8.42 Å². The fourth-order valence-corrected chi connectivity index (χ4v) is 4.99. The van der Waals surface area contributed by atoms with Crippen molar-refractivity contribution < 1.29 is 19.6 Å². The smallest absolute Gasteiger partial charge is 0.323 e. The molecule has 4 heterocycles. The van der Waals surface area contributed by atoms with Crippen molar-refractivity contribution in [2.24, 2.45) is 0 Å². The molecule has 2 aliphatic heterocycles. The van der Waals surface area contributed by atoms with Gasteiger partial charge in [0.25, 0.3) is 0 Å². The molecule has 0 amide bonds. The van der Waals surface area contributed by atoms with E-state index in [2.05, 4.69) is 44.4 Å². The molecule has 2 fully saturated rings. The molecule has 2 saturated heterocycles. The van der Waals surface area contributed by atoms with Crippen LogP contribution in [0.2, 0.25) is 0 Å². The van der Waals surface area contributed by atoms with Gasteiger partial charge in [-0.05, 0) is 56.7 Å². The summed E-state index contributed by atoms with van der Waals surface area (Å²) < 4.78 is 30.7. The second kappa shape index (κ2) is 14.7. The predicted molar refractivity (Wildman–Crippen MR) is 159 cm³/mol. The molecular formula is C20H47ClN12O3S. The number of nitrogens with zero attached hydrogens (tertiary/aromatic N) is 6. The largest absolute Gasteiger partial charge is 0.412 e. The van der Waals surface area contributed by atoms with Crippen LogP contribution < -0.4 is 37.7 Å². The summed E-state index contributed by atoms with van der Waals surface area (Å²) in [4.78, 5) is 17.8. The minimum atomic E-state index is -3.96. The van der Waals surface area contributed by atoms with Gasteiger partial charge < -0.3 is 33.7 Å². The molecule has 218 valence electrons. The van der Waals surface area contributed by atoms with Gasteiger partial charge in [-0.1, -0.05) is 0 Å². The molecule has 0 unspecified atom stereocenters. The molecule has 37 heavy (non-hydrogen) atoms. The summed E-state index contributed by atoms with van der Waals surface area (Å²) in [7, 11) is -3.96. The van der Waals surface area contributed by atoms with Crippen LogP contribution in [0.3, 0.4) is 0 Å². The second-order valence-electron chi connectivity index (χ2n) is 8.23. The zero-order valence-corrected chi connectivity index (χ0v) is 22.5. The number of anilines is 4. The van der Waals surface area contributed by atoms with E-state index in [4.69, 9.17) is 0 Å². The van der Waals surface area contributed by atoms with Gasteiger partial charge in [-0.15, -0.1) is 12.4 Å². The van der Waals surface area contributed by atoms with Crippen LogP contribution in [0, 0.1) is 0 Å². The van der Waals surface area contributed by atoms with Crippen molar-refractivity contribution in [3.63, 3.8) is 0 Å². The lowest BCUT2D eigenvalue weighted by Crippen LogP contribution is -2.35. The fourth-order valence-electron chi connectivity index (χ4n) is 4.17. The molecule has 0 saturated carbocycles. The minimum Gasteiger partial charge on any atom is -0.412 e. The lowest BCUT2D eigenvalue weighted by Gasteiger charge is -2.30. The Morgan fingerprint density at radius 2 is 1.35 bits per heavy atom. The van der Waals surface area contributed by atoms with Gasteiger partial charge in [0, 0.05) is 37.3 Å². The third-order valence-corrected chi connectivity index (χ3v) is 6.77. The first-order chi connectivity index (χ1) is 15.6. The first-order valence-corrected chi connectivity index (χ1v) is 12.5. The van der Waals surface area contributed by atoms with Gasteiger partial charge in [-0.3, -0.25) is 9.82 Å². The molecule has 14 N–H and O–H groups in total. The predicted octanol–water partition coefficient (Wildman–Crippen LogP) is 3.56. The summed E-state index contributed by atoms with van der Waals surface area (Å²) >= 11 is 0. The van der Waals surface area contributed by atoms with Crippen molar-refractivity contribution in [3.05, 3.63) is 24.4 Å². The fraction of sp³-hybridized carbons (Fsp3) is 0.500. The SMILES string of the molecule is Cl.N.N.N.O.O=S(=O)(Nc1ccc2cn[nH]c2c1)Nc1nc(N2CCCCC2)nc(N2CCCCC2)n1.[HH].[HH].[HH].[HH]. The van der Waals surface area contributed by atoms with Gasteiger partial charge in [0.15, 0.2) is 0 Å². The van der Waals surface area contributed by atoms with Crippen molar-refractivity contribution in [3.8, 4) is 0 Å². The summed E-state index contributed by atoms with van der Waals surface area (Å²) in [6.45, 7) is 3.44. The number of aromatic amines is 1. The number of nitrogens with one attached hydrogen (secondary N) is 3. The molecule has 0 spiro atoms. The van der Waals surface area contributed by atoms with Crippen LogP contribution in [0.1, 0.15) is 44.2 Å². The third-order valence-electron chi connectivity index (χ3n) is 5.81. The number of H-pyrrole nitrogens is 1. The monoisotopic (exact) mass is 570 g/mol. The molecule has 0 bridgehead atoms. The molecule has 17 heteroatoms. The highest BCUT2D eigenvalue weighted by Crippen LogP contribution is 2.23. The quantitative estimate of drug-likeness (QED) is 0.249. The van der Waals surface area contributed by atoms with E-state index in [1.807, 2.05) is 0 Å². The molecule has 5 rings (SSSR count). The number of halogens is 1. The van der Waals surface area contributed by atoms with Gasteiger partial charge in [0.2, 0.25) is 17.8 Å². The van der Waals surface area contributed by atoms with Crippen LogP contribution in [0.15, 0.2) is 24.4 Å². The average molecular weight is 571 g/mol. The standard InChI is InChI=1S/C20H27N9O2S.ClH.3H3N.H2O.4H2/c30-32(31,26-16-8-7-15-14-21-25-17(15)13-16)27-18-22-19(28-9-3-1-4-10-28)24-20(23-18)29-11-5-2-6-12-29;;;;;;;;;/h7-8,13-14,26H,1-6,9-12H2,(H,21,25)(H,22,23,24,27);1H;3*1H3;1H2;4*1H. The molecule has 3 aromatic rings. The summed E-state index contributed by atoms with van der Waals surface area (Å²) in [5.41, 5.74) is 1.15. The van der Waals surface area contributed by atoms with E-state index >= 15 is 0 Å². The minimum absolute atomic E-state index is 0. The Morgan fingerprint density at radius 3 is 1.89 bits per heavy atom. The average Bonchev–Trinajstić information content (AvgIpc) is 3.27. The van der Waals surface area contributed by atoms with Crippen LogP contribution in [0.4, 0.5) is 23.5 Å². The maximum Gasteiger partial charge on any atom is 0.323 e. The molecule has 2 aromatic heterocycles. The van der Waals surface area contributed by atoms with Crippen LogP contribution in [-0.4, -0.2) is 65.2 Å². The summed E-state index contributed by atoms with van der Waals surface area (Å²) in [6.07, 6.45) is 8.34. The van der Waals surface area contributed by atoms with Gasteiger partial charge in [0.05, 0.1) is 17.4 Å². The zero-order valence-electron chi connectivity index (χ0n) is 20.8. The van der Waals surface area contributed by atoms with Crippen molar-refractivity contribution in [2.75, 3.05) is 45.4 Å². The molecule has 0 aliphatic carbocycles. The highest BCUT2D eigenvalue weighted by Gasteiger charge is 2.22. The topological polar surface area (TPSA) is 269 Å². The number of fused-ring (bicyclic) bond motifs is 1. The van der Waals surface area contributed by atoms with E-state index in [1.165, 1.54) is 12.8 Å². The van der Waals surface area contributed by atoms with E-state index in [-0.39, 0.29) is 48.0 Å². The molecule has 1 aromatic carbocycles. The maximum atomic E-state index is 12.8. The van der Waals surface area contributed by atoms with Gasteiger partial charge in [-0.25, -0.2) is 4.72 Å². The Kier molecular flexibility index (Phi) is 13.5. The van der Waals surface area contributed by atoms with E-state index < -0.39 is 10.2 Å². The third kappa shape index (κ3) is 8.24. The van der Waals surface area contributed by atoms with Crippen molar-refractivity contribution in [1.29, 1.82) is 0 Å². The molecule has 2 aliphatic rings. The van der Waals surface area contributed by atoms with E-state index in [0.29, 0.717) is 17.6 Å². The van der Waals surface area contributed by atoms with Crippen LogP contribution in [0.5, 0.6) is 0 Å². The summed E-state index contributed by atoms with van der Waals surface area (Å²) in [5, 5.41) is 7.69. The van der Waals surface area contributed by atoms with E-state index in [0.717, 1.165) is 62.8 Å².